The summed E-state index contributed by atoms with van der Waals surface area (Å²) in [5, 5.41) is 11.2. The van der Waals surface area contributed by atoms with E-state index in [2.05, 4.69) is 27.5 Å². The minimum atomic E-state index is -0.328. The van der Waals surface area contributed by atoms with Crippen molar-refractivity contribution in [2.75, 3.05) is 7.05 Å². The number of aromatic nitrogens is 3. The van der Waals surface area contributed by atoms with Crippen LogP contribution in [0, 0.1) is 5.82 Å². The molecule has 3 aromatic rings. The van der Waals surface area contributed by atoms with Gasteiger partial charge in [-0.05, 0) is 32.4 Å². The summed E-state index contributed by atoms with van der Waals surface area (Å²) in [6, 6.07) is 8.57. The van der Waals surface area contributed by atoms with Crippen molar-refractivity contribution in [3.05, 3.63) is 70.6 Å². The molecule has 0 bridgehead atoms. The standard InChI is InChI=1S/C21H24FN5O2/c1-26(13-15-9-10-29-25-15)16-7-8-19-17(11-16)20(24-27(19)2)21(28)23-12-14-5-3-4-6-18(14)22/h3-6,9-10,16H,7-8,11-13H2,1-2H3,(H,23,28). The van der Waals surface area contributed by atoms with Crippen LogP contribution in [-0.4, -0.2) is 38.8 Å². The van der Waals surface area contributed by atoms with Crippen molar-refractivity contribution in [2.24, 2.45) is 7.05 Å². The number of hydrogen-bond acceptors (Lipinski definition) is 5. The van der Waals surface area contributed by atoms with Crippen molar-refractivity contribution in [1.82, 2.24) is 25.2 Å². The first kappa shape index (κ1) is 19.3. The van der Waals surface area contributed by atoms with Gasteiger partial charge in [-0.15, -0.1) is 0 Å². The van der Waals surface area contributed by atoms with Crippen LogP contribution >= 0.6 is 0 Å². The van der Waals surface area contributed by atoms with Crippen molar-refractivity contribution in [1.29, 1.82) is 0 Å². The summed E-state index contributed by atoms with van der Waals surface area (Å²) in [5.41, 5.74) is 3.83. The number of aryl methyl sites for hydroxylation is 1. The van der Waals surface area contributed by atoms with Gasteiger partial charge in [0.15, 0.2) is 5.69 Å². The van der Waals surface area contributed by atoms with Gasteiger partial charge in [0.1, 0.15) is 12.1 Å². The van der Waals surface area contributed by atoms with E-state index in [0.29, 0.717) is 17.8 Å². The molecule has 0 fully saturated rings. The first-order valence-electron chi connectivity index (χ1n) is 9.68. The number of benzene rings is 1. The zero-order valence-electron chi connectivity index (χ0n) is 16.6. The maximum atomic E-state index is 13.8. The van der Waals surface area contributed by atoms with Crippen molar-refractivity contribution in [3.8, 4) is 0 Å². The molecular formula is C21H24FN5O2. The van der Waals surface area contributed by atoms with Gasteiger partial charge in [0.25, 0.3) is 5.91 Å². The lowest BCUT2D eigenvalue weighted by Crippen LogP contribution is -2.37. The Morgan fingerprint density at radius 3 is 2.97 bits per heavy atom. The van der Waals surface area contributed by atoms with Crippen molar-refractivity contribution in [3.63, 3.8) is 0 Å². The van der Waals surface area contributed by atoms with Gasteiger partial charge in [-0.2, -0.15) is 5.10 Å². The number of likely N-dealkylation sites (N-methyl/N-ethyl adjacent to an activating group) is 1. The molecule has 152 valence electrons. The summed E-state index contributed by atoms with van der Waals surface area (Å²) in [6.07, 6.45) is 4.14. The normalized spacial score (nSPS) is 16.1. The molecular weight excluding hydrogens is 373 g/mol. The Hall–Kier alpha value is -3.00. The molecule has 0 spiro atoms. The third kappa shape index (κ3) is 4.07. The number of nitrogens with one attached hydrogen (secondary N) is 1. The number of rotatable bonds is 6. The highest BCUT2D eigenvalue weighted by Crippen LogP contribution is 2.27. The van der Waals surface area contributed by atoms with Crippen LogP contribution in [0.2, 0.25) is 0 Å². The van der Waals surface area contributed by atoms with E-state index in [4.69, 9.17) is 4.52 Å². The molecule has 0 radical (unpaired) electrons. The largest absolute Gasteiger partial charge is 0.364 e. The maximum absolute atomic E-state index is 13.8. The molecule has 1 atom stereocenters. The van der Waals surface area contributed by atoms with Crippen LogP contribution in [0.1, 0.15) is 39.4 Å². The highest BCUT2D eigenvalue weighted by molar-refractivity contribution is 5.94. The molecule has 0 saturated carbocycles. The van der Waals surface area contributed by atoms with Crippen LogP contribution < -0.4 is 5.32 Å². The predicted octanol–water partition coefficient (Wildman–Crippen LogP) is 2.47. The first-order valence-corrected chi connectivity index (χ1v) is 9.68. The Labute approximate surface area is 168 Å². The number of halogens is 1. The monoisotopic (exact) mass is 397 g/mol. The number of carbonyl (C=O) groups excluding carboxylic acids is 1. The van der Waals surface area contributed by atoms with Crippen LogP contribution in [0.25, 0.3) is 0 Å². The second-order valence-corrected chi connectivity index (χ2v) is 7.47. The van der Waals surface area contributed by atoms with Gasteiger partial charge in [0.05, 0.1) is 5.69 Å². The molecule has 2 heterocycles. The molecule has 0 saturated heterocycles. The van der Waals surface area contributed by atoms with Crippen LogP contribution in [-0.2, 0) is 33.0 Å². The van der Waals surface area contributed by atoms with Crippen molar-refractivity contribution in [2.45, 2.75) is 38.4 Å². The van der Waals surface area contributed by atoms with E-state index in [-0.39, 0.29) is 24.3 Å². The number of nitrogens with zero attached hydrogens (tertiary/aromatic N) is 4. The summed E-state index contributed by atoms with van der Waals surface area (Å²) in [5.74, 6) is -0.602. The molecule has 4 rings (SSSR count). The lowest BCUT2D eigenvalue weighted by molar-refractivity contribution is 0.0943. The lowest BCUT2D eigenvalue weighted by Gasteiger charge is -2.31. The first-order chi connectivity index (χ1) is 14.0. The molecule has 1 amide bonds. The smallest absolute Gasteiger partial charge is 0.272 e. The highest BCUT2D eigenvalue weighted by atomic mass is 19.1. The van der Waals surface area contributed by atoms with Gasteiger partial charge < -0.3 is 9.84 Å². The number of fused-ring (bicyclic) bond motifs is 1. The summed E-state index contributed by atoms with van der Waals surface area (Å²) in [7, 11) is 3.92. The fourth-order valence-corrected chi connectivity index (χ4v) is 3.93. The Morgan fingerprint density at radius 1 is 1.38 bits per heavy atom. The SMILES string of the molecule is CN(Cc1ccon1)C1CCc2c(c(C(=O)NCc3ccccc3F)nn2C)C1. The molecule has 2 aromatic heterocycles. The quantitative estimate of drug-likeness (QED) is 0.692. The molecule has 8 heteroatoms. The van der Waals surface area contributed by atoms with E-state index in [1.165, 1.54) is 6.07 Å². The Kier molecular flexibility index (Phi) is 5.44. The molecule has 1 aliphatic carbocycles. The van der Waals surface area contributed by atoms with E-state index in [1.807, 2.05) is 13.1 Å². The topological polar surface area (TPSA) is 76.2 Å². The Bertz CT molecular complexity index is 999. The highest BCUT2D eigenvalue weighted by Gasteiger charge is 2.30. The molecule has 0 aliphatic heterocycles. The molecule has 1 N–H and O–H groups in total. The van der Waals surface area contributed by atoms with Crippen LogP contribution in [0.15, 0.2) is 41.1 Å². The number of amides is 1. The van der Waals surface area contributed by atoms with Gasteiger partial charge in [-0.25, -0.2) is 4.39 Å². The Morgan fingerprint density at radius 2 is 2.21 bits per heavy atom. The number of carbonyl (C=O) groups is 1. The fourth-order valence-electron chi connectivity index (χ4n) is 3.93. The Balaban J connectivity index is 1.47. The van der Waals surface area contributed by atoms with Crippen LogP contribution in [0.4, 0.5) is 4.39 Å². The zero-order chi connectivity index (χ0) is 20.4. The summed E-state index contributed by atoms with van der Waals surface area (Å²) in [6.45, 7) is 0.817. The average Bonchev–Trinajstić information content (AvgIpc) is 3.35. The summed E-state index contributed by atoms with van der Waals surface area (Å²) in [4.78, 5) is 15.0. The van der Waals surface area contributed by atoms with Crippen LogP contribution in [0.3, 0.4) is 0 Å². The van der Waals surface area contributed by atoms with Gasteiger partial charge in [-0.1, -0.05) is 23.4 Å². The maximum Gasteiger partial charge on any atom is 0.272 e. The third-order valence-electron chi connectivity index (χ3n) is 5.57. The van der Waals surface area contributed by atoms with E-state index in [9.17, 15) is 9.18 Å². The lowest BCUT2D eigenvalue weighted by atomic mass is 9.90. The summed E-state index contributed by atoms with van der Waals surface area (Å²) < 4.78 is 20.5. The summed E-state index contributed by atoms with van der Waals surface area (Å²) >= 11 is 0. The van der Waals surface area contributed by atoms with Gasteiger partial charge >= 0.3 is 0 Å². The fraction of sp³-hybridized carbons (Fsp3) is 0.381. The minimum absolute atomic E-state index is 0.131. The third-order valence-corrected chi connectivity index (χ3v) is 5.57. The van der Waals surface area contributed by atoms with Crippen LogP contribution in [0.5, 0.6) is 0 Å². The van der Waals surface area contributed by atoms with Gasteiger partial charge in [0, 0.05) is 49.1 Å². The molecule has 1 aromatic carbocycles. The van der Waals surface area contributed by atoms with E-state index < -0.39 is 0 Å². The molecule has 29 heavy (non-hydrogen) atoms. The van der Waals surface area contributed by atoms with E-state index >= 15 is 0 Å². The van der Waals surface area contributed by atoms with Crippen molar-refractivity contribution < 1.29 is 13.7 Å². The van der Waals surface area contributed by atoms with E-state index in [0.717, 1.165) is 36.2 Å². The van der Waals surface area contributed by atoms with Gasteiger partial charge in [0.2, 0.25) is 0 Å². The minimum Gasteiger partial charge on any atom is -0.364 e. The predicted molar refractivity (Wildman–Crippen MR) is 105 cm³/mol. The van der Waals surface area contributed by atoms with E-state index in [1.54, 1.807) is 29.1 Å². The zero-order valence-corrected chi connectivity index (χ0v) is 16.6. The van der Waals surface area contributed by atoms with Crippen molar-refractivity contribution >= 4 is 5.91 Å². The second-order valence-electron chi connectivity index (χ2n) is 7.47. The number of hydrogen-bond donors (Lipinski definition) is 1. The molecule has 1 aliphatic rings. The molecule has 7 nitrogen and oxygen atoms in total. The second kappa shape index (κ2) is 8.16. The molecule has 1 unspecified atom stereocenters. The van der Waals surface area contributed by atoms with Gasteiger partial charge in [-0.3, -0.25) is 14.4 Å². The average molecular weight is 397 g/mol.